The van der Waals surface area contributed by atoms with Gasteiger partial charge in [0.1, 0.15) is 0 Å². The molecule has 0 aliphatic carbocycles. The predicted molar refractivity (Wildman–Crippen MR) is 84.4 cm³/mol. The zero-order valence-electron chi connectivity index (χ0n) is 12.0. The number of para-hydroxylation sites is 1. The van der Waals surface area contributed by atoms with Gasteiger partial charge in [-0.1, -0.05) is 47.5 Å². The highest BCUT2D eigenvalue weighted by molar-refractivity contribution is 7.92. The van der Waals surface area contributed by atoms with Crippen LogP contribution in [0.15, 0.2) is 42.5 Å². The summed E-state index contributed by atoms with van der Waals surface area (Å²) < 4.78 is 26.2. The smallest absolute Gasteiger partial charge is 0.232 e. The molecule has 2 aromatic rings. The minimum Gasteiger partial charge on any atom is -0.283 e. The van der Waals surface area contributed by atoms with Gasteiger partial charge in [0, 0.05) is 5.56 Å². The molecule has 106 valence electrons. The molecule has 3 nitrogen and oxygen atoms in total. The van der Waals surface area contributed by atoms with Crippen LogP contribution in [0.1, 0.15) is 18.1 Å². The van der Waals surface area contributed by atoms with E-state index in [9.17, 15) is 8.42 Å². The van der Waals surface area contributed by atoms with Crippen LogP contribution in [0.25, 0.3) is 11.1 Å². The average Bonchev–Trinajstić information content (AvgIpc) is 2.38. The fourth-order valence-electron chi connectivity index (χ4n) is 2.19. The molecule has 2 aromatic carbocycles. The maximum atomic E-state index is 11.8. The van der Waals surface area contributed by atoms with E-state index in [0.29, 0.717) is 5.69 Å². The summed E-state index contributed by atoms with van der Waals surface area (Å²) in [5.41, 5.74) is 4.87. The Morgan fingerprint density at radius 2 is 1.60 bits per heavy atom. The number of rotatable bonds is 4. The molecule has 0 aliphatic rings. The lowest BCUT2D eigenvalue weighted by Crippen LogP contribution is -2.15. The van der Waals surface area contributed by atoms with Crippen LogP contribution in [0.5, 0.6) is 0 Å². The number of hydrogen-bond donors (Lipinski definition) is 1. The molecule has 2 rings (SSSR count). The van der Waals surface area contributed by atoms with Gasteiger partial charge in [-0.3, -0.25) is 4.72 Å². The molecule has 1 N–H and O–H groups in total. The maximum Gasteiger partial charge on any atom is 0.232 e. The van der Waals surface area contributed by atoms with Crippen molar-refractivity contribution >= 4 is 15.7 Å². The number of anilines is 1. The lowest BCUT2D eigenvalue weighted by Gasteiger charge is -2.13. The molecule has 0 saturated carbocycles. The van der Waals surface area contributed by atoms with E-state index in [1.54, 1.807) is 13.0 Å². The molecule has 0 spiro atoms. The topological polar surface area (TPSA) is 46.2 Å². The van der Waals surface area contributed by atoms with Crippen molar-refractivity contribution in [3.8, 4) is 11.1 Å². The van der Waals surface area contributed by atoms with Gasteiger partial charge in [0.15, 0.2) is 0 Å². The first-order valence-electron chi connectivity index (χ1n) is 6.59. The number of nitrogens with one attached hydrogen (secondary N) is 1. The van der Waals surface area contributed by atoms with E-state index in [1.165, 1.54) is 0 Å². The summed E-state index contributed by atoms with van der Waals surface area (Å²) in [7, 11) is -3.27. The molecular weight excluding hydrogens is 270 g/mol. The van der Waals surface area contributed by atoms with Crippen molar-refractivity contribution in [2.45, 2.75) is 20.8 Å². The molecular formula is C16H19NO2S. The van der Waals surface area contributed by atoms with Crippen molar-refractivity contribution in [1.29, 1.82) is 0 Å². The van der Waals surface area contributed by atoms with Crippen LogP contribution in [0.3, 0.4) is 0 Å². The summed E-state index contributed by atoms with van der Waals surface area (Å²) in [6, 6.07) is 13.7. The Balaban J connectivity index is 2.52. The second-order valence-corrected chi connectivity index (χ2v) is 6.94. The van der Waals surface area contributed by atoms with Gasteiger partial charge in [-0.15, -0.1) is 0 Å². The molecule has 0 heterocycles. The largest absolute Gasteiger partial charge is 0.283 e. The molecule has 0 unspecified atom stereocenters. The Morgan fingerprint density at radius 1 is 1.00 bits per heavy atom. The predicted octanol–water partition coefficient (Wildman–Crippen LogP) is 3.73. The zero-order valence-corrected chi connectivity index (χ0v) is 12.8. The van der Waals surface area contributed by atoms with Gasteiger partial charge in [0.2, 0.25) is 10.0 Å². The molecule has 20 heavy (non-hydrogen) atoms. The lowest BCUT2D eigenvalue weighted by molar-refractivity contribution is 0.602. The standard InChI is InChI=1S/C16H19NO2S/c1-4-20(18,19)17-16-8-6-5-7-15(16)14-10-12(2)9-13(3)11-14/h5-11,17H,4H2,1-3H3. The van der Waals surface area contributed by atoms with Crippen molar-refractivity contribution in [1.82, 2.24) is 0 Å². The first kappa shape index (κ1) is 14.6. The summed E-state index contributed by atoms with van der Waals surface area (Å²) >= 11 is 0. The Bertz CT molecular complexity index is 701. The first-order chi connectivity index (χ1) is 9.41. The number of sulfonamides is 1. The summed E-state index contributed by atoms with van der Waals surface area (Å²) in [6.45, 7) is 5.70. The summed E-state index contributed by atoms with van der Waals surface area (Å²) in [5, 5.41) is 0. The quantitative estimate of drug-likeness (QED) is 0.932. The van der Waals surface area contributed by atoms with Crippen LogP contribution >= 0.6 is 0 Å². The van der Waals surface area contributed by atoms with Gasteiger partial charge >= 0.3 is 0 Å². The number of benzene rings is 2. The normalized spacial score (nSPS) is 11.3. The minimum atomic E-state index is -3.27. The number of hydrogen-bond acceptors (Lipinski definition) is 2. The fourth-order valence-corrected chi connectivity index (χ4v) is 2.85. The second-order valence-electron chi connectivity index (χ2n) is 4.93. The van der Waals surface area contributed by atoms with E-state index >= 15 is 0 Å². The Morgan fingerprint density at radius 3 is 2.20 bits per heavy atom. The Labute approximate surface area is 120 Å². The molecule has 4 heteroatoms. The van der Waals surface area contributed by atoms with Crippen molar-refractivity contribution in [3.63, 3.8) is 0 Å². The van der Waals surface area contributed by atoms with Crippen molar-refractivity contribution < 1.29 is 8.42 Å². The van der Waals surface area contributed by atoms with E-state index in [4.69, 9.17) is 0 Å². The lowest BCUT2D eigenvalue weighted by atomic mass is 9.99. The highest BCUT2D eigenvalue weighted by atomic mass is 32.2. The van der Waals surface area contributed by atoms with Crippen molar-refractivity contribution in [2.24, 2.45) is 0 Å². The fraction of sp³-hybridized carbons (Fsp3) is 0.250. The van der Waals surface area contributed by atoms with Gasteiger partial charge in [-0.25, -0.2) is 8.42 Å². The minimum absolute atomic E-state index is 0.0637. The van der Waals surface area contributed by atoms with Crippen LogP contribution in [-0.4, -0.2) is 14.2 Å². The second kappa shape index (κ2) is 5.67. The third kappa shape index (κ3) is 3.39. The van der Waals surface area contributed by atoms with Crippen LogP contribution < -0.4 is 4.72 Å². The average molecular weight is 289 g/mol. The van der Waals surface area contributed by atoms with Gasteiger partial charge < -0.3 is 0 Å². The molecule has 0 saturated heterocycles. The molecule has 0 aromatic heterocycles. The van der Waals surface area contributed by atoms with Crippen molar-refractivity contribution in [2.75, 3.05) is 10.5 Å². The SMILES string of the molecule is CCS(=O)(=O)Nc1ccccc1-c1cc(C)cc(C)c1. The maximum absolute atomic E-state index is 11.8. The number of aryl methyl sites for hydroxylation is 2. The van der Waals surface area contributed by atoms with Crippen LogP contribution in [0.4, 0.5) is 5.69 Å². The molecule has 0 amide bonds. The third-order valence-electron chi connectivity index (χ3n) is 3.11. The van der Waals surface area contributed by atoms with Crippen LogP contribution in [-0.2, 0) is 10.0 Å². The Kier molecular flexibility index (Phi) is 4.14. The van der Waals surface area contributed by atoms with E-state index in [2.05, 4.69) is 22.9 Å². The zero-order chi connectivity index (χ0) is 14.8. The van der Waals surface area contributed by atoms with E-state index in [1.807, 2.05) is 32.0 Å². The van der Waals surface area contributed by atoms with E-state index in [-0.39, 0.29) is 5.75 Å². The monoisotopic (exact) mass is 289 g/mol. The van der Waals surface area contributed by atoms with Crippen LogP contribution in [0, 0.1) is 13.8 Å². The molecule has 0 atom stereocenters. The third-order valence-corrected chi connectivity index (χ3v) is 4.40. The molecule has 0 radical (unpaired) electrons. The first-order valence-corrected chi connectivity index (χ1v) is 8.24. The van der Waals surface area contributed by atoms with Gasteiger partial charge in [-0.05, 0) is 32.4 Å². The van der Waals surface area contributed by atoms with Crippen LogP contribution in [0.2, 0.25) is 0 Å². The van der Waals surface area contributed by atoms with Gasteiger partial charge in [0.05, 0.1) is 11.4 Å². The molecule has 0 aliphatic heterocycles. The van der Waals surface area contributed by atoms with Crippen molar-refractivity contribution in [3.05, 3.63) is 53.6 Å². The Hall–Kier alpha value is -1.81. The summed E-state index contributed by atoms with van der Waals surface area (Å²) in [5.74, 6) is 0.0637. The van der Waals surface area contributed by atoms with E-state index in [0.717, 1.165) is 22.3 Å². The summed E-state index contributed by atoms with van der Waals surface area (Å²) in [4.78, 5) is 0. The van der Waals surface area contributed by atoms with E-state index < -0.39 is 10.0 Å². The van der Waals surface area contributed by atoms with Gasteiger partial charge in [0.25, 0.3) is 0 Å². The highest BCUT2D eigenvalue weighted by Crippen LogP contribution is 2.30. The van der Waals surface area contributed by atoms with Gasteiger partial charge in [-0.2, -0.15) is 0 Å². The highest BCUT2D eigenvalue weighted by Gasteiger charge is 2.11. The molecule has 0 bridgehead atoms. The summed E-state index contributed by atoms with van der Waals surface area (Å²) in [6.07, 6.45) is 0. The molecule has 0 fully saturated rings.